The van der Waals surface area contributed by atoms with Crippen LogP contribution in [0.3, 0.4) is 0 Å². The van der Waals surface area contributed by atoms with Gasteiger partial charge >= 0.3 is 11.9 Å². The van der Waals surface area contributed by atoms with E-state index in [0.717, 1.165) is 0 Å². The van der Waals surface area contributed by atoms with E-state index in [-0.39, 0.29) is 25.4 Å². The predicted molar refractivity (Wildman–Crippen MR) is 131 cm³/mol. The zero-order valence-corrected chi connectivity index (χ0v) is 22.8. The summed E-state index contributed by atoms with van der Waals surface area (Å²) in [5, 5.41) is 8.52. The van der Waals surface area contributed by atoms with Crippen LogP contribution in [-0.4, -0.2) is 118 Å². The van der Waals surface area contributed by atoms with Gasteiger partial charge in [0, 0.05) is 12.8 Å². The van der Waals surface area contributed by atoms with Gasteiger partial charge in [0.05, 0.1) is 85.9 Å². The lowest BCUT2D eigenvalue weighted by Crippen LogP contribution is -2.27. The molecule has 12 heteroatoms. The predicted octanol–water partition coefficient (Wildman–Crippen LogP) is 2.13. The molecule has 11 nitrogen and oxygen atoms in total. The summed E-state index contributed by atoms with van der Waals surface area (Å²) in [5.74, 6) is -1.20. The normalized spacial score (nSPS) is 11.6. The Bertz CT molecular complexity index is 500. The van der Waals surface area contributed by atoms with Gasteiger partial charge in [-0.05, 0) is 32.5 Å². The van der Waals surface area contributed by atoms with Crippen LogP contribution in [0.4, 0.5) is 0 Å². The van der Waals surface area contributed by atoms with Gasteiger partial charge in [-0.25, -0.2) is 0 Å². The van der Waals surface area contributed by atoms with Crippen LogP contribution in [0.2, 0.25) is 19.6 Å². The van der Waals surface area contributed by atoms with Crippen molar-refractivity contribution in [3.8, 4) is 0 Å². The van der Waals surface area contributed by atoms with E-state index in [2.05, 4.69) is 19.6 Å². The SMILES string of the molecule is C[Si](C)(C)OCCOCCOCCOCCOCCOCCOCCOC(=O)CCCCC(=O)O. The summed E-state index contributed by atoms with van der Waals surface area (Å²) in [7, 11) is -1.45. The Labute approximate surface area is 210 Å². The van der Waals surface area contributed by atoms with Gasteiger partial charge in [0.1, 0.15) is 6.61 Å². The van der Waals surface area contributed by atoms with E-state index in [4.69, 9.17) is 42.7 Å². The quantitative estimate of drug-likeness (QED) is 0.0960. The van der Waals surface area contributed by atoms with E-state index in [1.165, 1.54) is 0 Å². The fraction of sp³-hybridized carbons (Fsp3) is 0.913. The highest BCUT2D eigenvalue weighted by Gasteiger charge is 2.13. The molecule has 0 aliphatic heterocycles. The average Bonchev–Trinajstić information content (AvgIpc) is 2.79. The molecule has 0 heterocycles. The summed E-state index contributed by atoms with van der Waals surface area (Å²) in [5.41, 5.74) is 0. The first-order valence-electron chi connectivity index (χ1n) is 12.3. The second-order valence-corrected chi connectivity index (χ2v) is 13.0. The van der Waals surface area contributed by atoms with Gasteiger partial charge in [0.2, 0.25) is 0 Å². The highest BCUT2D eigenvalue weighted by molar-refractivity contribution is 6.69. The van der Waals surface area contributed by atoms with E-state index in [1.807, 2.05) is 0 Å². The number of aliphatic carboxylic acids is 1. The number of carbonyl (C=O) groups excluding carboxylic acids is 1. The summed E-state index contributed by atoms with van der Waals surface area (Å²) in [6, 6.07) is 0. The van der Waals surface area contributed by atoms with Crippen LogP contribution in [0.1, 0.15) is 25.7 Å². The van der Waals surface area contributed by atoms with Crippen LogP contribution in [0, 0.1) is 0 Å². The van der Waals surface area contributed by atoms with Crippen molar-refractivity contribution in [3.63, 3.8) is 0 Å². The number of unbranched alkanes of at least 4 members (excludes halogenated alkanes) is 1. The lowest BCUT2D eigenvalue weighted by atomic mass is 10.2. The third kappa shape index (κ3) is 30.8. The molecule has 0 aliphatic rings. The third-order valence-electron chi connectivity index (χ3n) is 4.14. The van der Waals surface area contributed by atoms with E-state index >= 15 is 0 Å². The first kappa shape index (κ1) is 33.9. The lowest BCUT2D eigenvalue weighted by molar-refractivity contribution is -0.146. The second kappa shape index (κ2) is 24.6. The summed E-state index contributed by atoms with van der Waals surface area (Å²) in [6.07, 6.45) is 1.27. The van der Waals surface area contributed by atoms with E-state index in [9.17, 15) is 9.59 Å². The molecule has 0 aliphatic carbocycles. The van der Waals surface area contributed by atoms with Crippen molar-refractivity contribution in [2.45, 2.75) is 45.3 Å². The molecular formula is C23H46O11Si. The second-order valence-electron chi connectivity index (χ2n) is 8.46. The van der Waals surface area contributed by atoms with Gasteiger partial charge in [-0.1, -0.05) is 0 Å². The molecule has 0 fully saturated rings. The van der Waals surface area contributed by atoms with Crippen LogP contribution >= 0.6 is 0 Å². The Balaban J connectivity index is 3.13. The summed E-state index contributed by atoms with van der Waals surface area (Å²) < 4.78 is 43.1. The average molecular weight is 527 g/mol. The zero-order chi connectivity index (χ0) is 26.0. The first-order chi connectivity index (χ1) is 16.8. The monoisotopic (exact) mass is 526 g/mol. The zero-order valence-electron chi connectivity index (χ0n) is 21.8. The Morgan fingerprint density at radius 2 is 0.886 bits per heavy atom. The van der Waals surface area contributed by atoms with Crippen molar-refractivity contribution in [3.05, 3.63) is 0 Å². The summed E-state index contributed by atoms with van der Waals surface area (Å²) in [6.45, 7) is 13.0. The molecule has 0 aromatic rings. The van der Waals surface area contributed by atoms with Crippen LogP contribution in [-0.2, 0) is 47.2 Å². The van der Waals surface area contributed by atoms with Crippen LogP contribution < -0.4 is 0 Å². The molecule has 0 saturated carbocycles. The van der Waals surface area contributed by atoms with Gasteiger partial charge < -0.3 is 42.7 Å². The molecule has 0 aromatic heterocycles. The molecule has 1 N–H and O–H groups in total. The number of ether oxygens (including phenoxy) is 7. The smallest absolute Gasteiger partial charge is 0.305 e. The van der Waals surface area contributed by atoms with Gasteiger partial charge in [-0.3, -0.25) is 9.59 Å². The fourth-order valence-corrected chi connectivity index (χ4v) is 3.14. The number of hydrogen-bond acceptors (Lipinski definition) is 10. The number of hydrogen-bond donors (Lipinski definition) is 1. The first-order valence-corrected chi connectivity index (χ1v) is 15.7. The van der Waals surface area contributed by atoms with Crippen LogP contribution in [0.25, 0.3) is 0 Å². The Morgan fingerprint density at radius 1 is 0.543 bits per heavy atom. The van der Waals surface area contributed by atoms with Crippen molar-refractivity contribution >= 4 is 20.3 Å². The molecule has 0 saturated heterocycles. The molecular weight excluding hydrogens is 480 g/mol. The minimum Gasteiger partial charge on any atom is -0.481 e. The van der Waals surface area contributed by atoms with Gasteiger partial charge in [0.25, 0.3) is 0 Å². The van der Waals surface area contributed by atoms with E-state index in [1.54, 1.807) is 0 Å². The highest BCUT2D eigenvalue weighted by atomic mass is 28.4. The van der Waals surface area contributed by atoms with Crippen molar-refractivity contribution < 1.29 is 52.3 Å². The molecule has 0 amide bonds. The van der Waals surface area contributed by atoms with Gasteiger partial charge in [-0.2, -0.15) is 0 Å². The maximum Gasteiger partial charge on any atom is 0.305 e. The molecule has 0 unspecified atom stereocenters. The molecule has 35 heavy (non-hydrogen) atoms. The fourth-order valence-electron chi connectivity index (χ4n) is 2.44. The Hall–Kier alpha value is -1.12. The number of carbonyl (C=O) groups is 2. The Morgan fingerprint density at radius 3 is 1.26 bits per heavy atom. The minimum atomic E-state index is -1.45. The maximum atomic E-state index is 11.4. The highest BCUT2D eigenvalue weighted by Crippen LogP contribution is 2.02. The summed E-state index contributed by atoms with van der Waals surface area (Å²) >= 11 is 0. The Kier molecular flexibility index (Phi) is 23.8. The molecule has 0 aromatic carbocycles. The van der Waals surface area contributed by atoms with Crippen molar-refractivity contribution in [2.24, 2.45) is 0 Å². The molecule has 0 atom stereocenters. The van der Waals surface area contributed by atoms with E-state index in [0.29, 0.717) is 98.7 Å². The van der Waals surface area contributed by atoms with Crippen molar-refractivity contribution in [1.29, 1.82) is 0 Å². The lowest BCUT2D eigenvalue weighted by Gasteiger charge is -2.16. The van der Waals surface area contributed by atoms with E-state index < -0.39 is 14.3 Å². The number of rotatable bonds is 27. The minimum absolute atomic E-state index is 0.0671. The van der Waals surface area contributed by atoms with Crippen molar-refractivity contribution in [1.82, 2.24) is 0 Å². The van der Waals surface area contributed by atoms with Crippen LogP contribution in [0.15, 0.2) is 0 Å². The number of esters is 1. The standard InChI is InChI=1S/C23H46O11Si/c1-35(2,3)34-21-19-32-17-15-30-13-11-28-9-8-27-10-12-29-14-16-31-18-20-33-23(26)7-5-4-6-22(24)25/h4-21H2,1-3H3,(H,24,25). The molecule has 208 valence electrons. The molecule has 0 spiro atoms. The maximum absolute atomic E-state index is 11.4. The van der Waals surface area contributed by atoms with Gasteiger partial charge in [-0.15, -0.1) is 0 Å². The van der Waals surface area contributed by atoms with Crippen molar-refractivity contribution in [2.75, 3.05) is 92.5 Å². The summed E-state index contributed by atoms with van der Waals surface area (Å²) in [4.78, 5) is 21.8. The number of carboxylic acid groups (broad SMARTS) is 1. The molecule has 0 rings (SSSR count). The largest absolute Gasteiger partial charge is 0.481 e. The molecule has 0 bridgehead atoms. The topological polar surface area (TPSA) is 128 Å². The van der Waals surface area contributed by atoms with Gasteiger partial charge in [0.15, 0.2) is 8.32 Å². The third-order valence-corrected chi connectivity index (χ3v) is 5.21. The van der Waals surface area contributed by atoms with Crippen LogP contribution in [0.5, 0.6) is 0 Å². The number of carboxylic acids is 1. The molecule has 0 radical (unpaired) electrons.